The lowest BCUT2D eigenvalue weighted by Crippen LogP contribution is -2.27. The number of nitro benzene ring substituents is 2. The zero-order chi connectivity index (χ0) is 22.8. The van der Waals surface area contributed by atoms with E-state index in [-0.39, 0.29) is 21.3 Å². The Morgan fingerprint density at radius 2 is 1.71 bits per heavy atom. The van der Waals surface area contributed by atoms with Gasteiger partial charge in [-0.25, -0.2) is 8.42 Å². The van der Waals surface area contributed by atoms with Gasteiger partial charge in [-0.05, 0) is 38.0 Å². The normalized spacial score (nSPS) is 15.1. The number of hydrazone groups is 1. The van der Waals surface area contributed by atoms with Crippen molar-refractivity contribution in [1.29, 1.82) is 0 Å². The largest absolute Gasteiger partial charge is 0.295 e. The van der Waals surface area contributed by atoms with Crippen molar-refractivity contribution in [2.45, 2.75) is 24.7 Å². The molecule has 2 aromatic carbocycles. The van der Waals surface area contributed by atoms with Gasteiger partial charge >= 0.3 is 0 Å². The van der Waals surface area contributed by atoms with Gasteiger partial charge < -0.3 is 0 Å². The molecule has 3 rings (SSSR count). The molecular weight excluding hydrogens is 450 g/mol. The molecule has 1 aliphatic rings. The Morgan fingerprint density at radius 3 is 2.32 bits per heavy atom. The first-order valence-electron chi connectivity index (χ1n) is 9.14. The SMILES string of the molecule is C/C(=N\Nc1ccc(S(=O)(=O)N2CCCC2)cc1[N+](=O)[O-])c1ccc(Cl)c([N+](=O)[O-])c1. The highest BCUT2D eigenvalue weighted by Crippen LogP contribution is 2.30. The quantitative estimate of drug-likeness (QED) is 0.370. The average molecular weight is 468 g/mol. The fourth-order valence-electron chi connectivity index (χ4n) is 3.08. The van der Waals surface area contributed by atoms with Gasteiger partial charge in [0.25, 0.3) is 11.4 Å². The summed E-state index contributed by atoms with van der Waals surface area (Å²) in [7, 11) is -3.81. The molecule has 1 heterocycles. The topological polar surface area (TPSA) is 148 Å². The molecule has 0 aromatic heterocycles. The van der Waals surface area contributed by atoms with E-state index in [1.54, 1.807) is 6.92 Å². The summed E-state index contributed by atoms with van der Waals surface area (Å²) in [6, 6.07) is 7.66. The van der Waals surface area contributed by atoms with Crippen molar-refractivity contribution in [3.8, 4) is 0 Å². The smallest absolute Gasteiger partial charge is 0.271 e. The van der Waals surface area contributed by atoms with E-state index < -0.39 is 25.6 Å². The fraction of sp³-hybridized carbons (Fsp3) is 0.278. The number of benzene rings is 2. The Balaban J connectivity index is 1.90. The van der Waals surface area contributed by atoms with Crippen LogP contribution in [0.4, 0.5) is 17.1 Å². The lowest BCUT2D eigenvalue weighted by molar-refractivity contribution is -0.384. The van der Waals surface area contributed by atoms with Gasteiger partial charge in [0.2, 0.25) is 10.0 Å². The lowest BCUT2D eigenvalue weighted by Gasteiger charge is -2.15. The van der Waals surface area contributed by atoms with E-state index in [0.717, 1.165) is 18.9 Å². The van der Waals surface area contributed by atoms with Gasteiger partial charge in [-0.2, -0.15) is 9.41 Å². The van der Waals surface area contributed by atoms with Crippen LogP contribution >= 0.6 is 11.6 Å². The third-order valence-corrected chi connectivity index (χ3v) is 6.99. The third-order valence-electron chi connectivity index (χ3n) is 4.77. The lowest BCUT2D eigenvalue weighted by atomic mass is 10.1. The van der Waals surface area contributed by atoms with Crippen molar-refractivity contribution >= 4 is 44.4 Å². The number of rotatable bonds is 7. The number of halogens is 1. The molecule has 0 amide bonds. The Kier molecular flexibility index (Phi) is 6.53. The Morgan fingerprint density at radius 1 is 1.06 bits per heavy atom. The molecule has 13 heteroatoms. The molecule has 11 nitrogen and oxygen atoms in total. The Bertz CT molecular complexity index is 1180. The fourth-order valence-corrected chi connectivity index (χ4v) is 4.81. The molecule has 0 atom stereocenters. The van der Waals surface area contributed by atoms with Gasteiger partial charge in [0.15, 0.2) is 0 Å². The van der Waals surface area contributed by atoms with E-state index >= 15 is 0 Å². The molecular formula is C18H18ClN5O6S. The van der Waals surface area contributed by atoms with Gasteiger partial charge in [-0.1, -0.05) is 17.7 Å². The highest BCUT2D eigenvalue weighted by Gasteiger charge is 2.29. The monoisotopic (exact) mass is 467 g/mol. The van der Waals surface area contributed by atoms with E-state index in [1.165, 1.54) is 34.6 Å². The second-order valence-electron chi connectivity index (χ2n) is 6.78. The van der Waals surface area contributed by atoms with Crippen LogP contribution in [0.2, 0.25) is 5.02 Å². The van der Waals surface area contributed by atoms with E-state index in [2.05, 4.69) is 10.5 Å². The van der Waals surface area contributed by atoms with Crippen LogP contribution in [0.5, 0.6) is 0 Å². The van der Waals surface area contributed by atoms with Crippen LogP contribution in [-0.4, -0.2) is 41.4 Å². The Hall–Kier alpha value is -3.09. The van der Waals surface area contributed by atoms with E-state index in [9.17, 15) is 28.6 Å². The zero-order valence-electron chi connectivity index (χ0n) is 16.3. The minimum absolute atomic E-state index is 0.0202. The van der Waals surface area contributed by atoms with Crippen molar-refractivity contribution in [2.75, 3.05) is 18.5 Å². The molecule has 1 fully saturated rings. The number of sulfonamides is 1. The number of nitro groups is 2. The molecule has 2 aromatic rings. The molecule has 0 saturated carbocycles. The third kappa shape index (κ3) is 4.81. The number of anilines is 1. The molecule has 0 spiro atoms. The second-order valence-corrected chi connectivity index (χ2v) is 9.12. The summed E-state index contributed by atoms with van der Waals surface area (Å²) in [6.07, 6.45) is 1.50. The summed E-state index contributed by atoms with van der Waals surface area (Å²) in [5.41, 5.74) is 2.46. The molecule has 31 heavy (non-hydrogen) atoms. The zero-order valence-corrected chi connectivity index (χ0v) is 17.9. The van der Waals surface area contributed by atoms with Crippen LogP contribution in [-0.2, 0) is 10.0 Å². The van der Waals surface area contributed by atoms with Crippen molar-refractivity contribution < 1.29 is 18.3 Å². The maximum absolute atomic E-state index is 12.7. The molecule has 1 saturated heterocycles. The van der Waals surface area contributed by atoms with Crippen LogP contribution in [0.3, 0.4) is 0 Å². The van der Waals surface area contributed by atoms with Gasteiger partial charge in [0.05, 0.1) is 20.5 Å². The van der Waals surface area contributed by atoms with E-state index in [4.69, 9.17) is 11.6 Å². The van der Waals surface area contributed by atoms with E-state index in [1.807, 2.05) is 0 Å². The predicted octanol–water partition coefficient (Wildman–Crippen LogP) is 3.78. The van der Waals surface area contributed by atoms with Crippen molar-refractivity contribution in [2.24, 2.45) is 5.10 Å². The maximum Gasteiger partial charge on any atom is 0.295 e. The molecule has 164 valence electrons. The minimum Gasteiger partial charge on any atom is -0.271 e. The van der Waals surface area contributed by atoms with Crippen LogP contribution in [0.1, 0.15) is 25.3 Å². The van der Waals surface area contributed by atoms with Gasteiger partial charge in [-0.15, -0.1) is 0 Å². The highest BCUT2D eigenvalue weighted by molar-refractivity contribution is 7.89. The van der Waals surface area contributed by atoms with Crippen LogP contribution < -0.4 is 5.43 Å². The van der Waals surface area contributed by atoms with Gasteiger partial charge in [-0.3, -0.25) is 25.7 Å². The molecule has 0 bridgehead atoms. The molecule has 1 aliphatic heterocycles. The maximum atomic E-state index is 12.7. The number of nitrogens with zero attached hydrogens (tertiary/aromatic N) is 4. The van der Waals surface area contributed by atoms with Crippen molar-refractivity contribution in [1.82, 2.24) is 4.31 Å². The molecule has 1 N–H and O–H groups in total. The van der Waals surface area contributed by atoms with Crippen LogP contribution in [0.15, 0.2) is 46.4 Å². The average Bonchev–Trinajstić information content (AvgIpc) is 3.27. The number of nitrogens with one attached hydrogen (secondary N) is 1. The highest BCUT2D eigenvalue weighted by atomic mass is 35.5. The molecule has 0 radical (unpaired) electrons. The van der Waals surface area contributed by atoms with Crippen LogP contribution in [0, 0.1) is 20.2 Å². The first-order valence-corrected chi connectivity index (χ1v) is 11.0. The van der Waals surface area contributed by atoms with Crippen LogP contribution in [0.25, 0.3) is 0 Å². The summed E-state index contributed by atoms with van der Waals surface area (Å²) in [4.78, 5) is 21.1. The number of hydrogen-bond acceptors (Lipinski definition) is 8. The summed E-state index contributed by atoms with van der Waals surface area (Å²) >= 11 is 5.80. The molecule has 0 unspecified atom stereocenters. The number of hydrogen-bond donors (Lipinski definition) is 1. The summed E-state index contributed by atoms with van der Waals surface area (Å²) in [5.74, 6) is 0. The van der Waals surface area contributed by atoms with Gasteiger partial charge in [0, 0.05) is 30.8 Å². The van der Waals surface area contributed by atoms with Gasteiger partial charge in [0.1, 0.15) is 10.7 Å². The summed E-state index contributed by atoms with van der Waals surface area (Å²) in [6.45, 7) is 2.32. The predicted molar refractivity (Wildman–Crippen MR) is 115 cm³/mol. The second kappa shape index (κ2) is 8.96. The standard InChI is InChI=1S/C18H18ClN5O6S/c1-12(13-4-6-15(19)17(10-13)23(25)26)20-21-16-7-5-14(11-18(16)24(27)28)31(29,30)22-8-2-3-9-22/h4-7,10-11,21H,2-3,8-9H2,1H3/b20-12+. The van der Waals surface area contributed by atoms with Crippen molar-refractivity contribution in [3.05, 3.63) is 67.2 Å². The first-order chi connectivity index (χ1) is 14.6. The minimum atomic E-state index is -3.81. The Labute approximate surface area is 182 Å². The summed E-state index contributed by atoms with van der Waals surface area (Å²) in [5, 5.41) is 26.6. The molecule has 0 aliphatic carbocycles. The first kappa shape index (κ1) is 22.6. The summed E-state index contributed by atoms with van der Waals surface area (Å²) < 4.78 is 26.7. The van der Waals surface area contributed by atoms with Crippen molar-refractivity contribution in [3.63, 3.8) is 0 Å². The van der Waals surface area contributed by atoms with E-state index in [0.29, 0.717) is 24.4 Å².